The Morgan fingerprint density at radius 3 is 2.23 bits per heavy atom. The summed E-state index contributed by atoms with van der Waals surface area (Å²) in [7, 11) is 0. The fourth-order valence-corrected chi connectivity index (χ4v) is 2.29. The smallest absolute Gasteiger partial charge is 0.192 e. The average Bonchev–Trinajstić information content (AvgIpc) is 2.65. The Morgan fingerprint density at radius 2 is 1.69 bits per heavy atom. The largest absolute Gasteiger partial charge is 0.458 e. The van der Waals surface area contributed by atoms with Crippen molar-refractivity contribution in [3.8, 4) is 5.75 Å². The van der Waals surface area contributed by atoms with E-state index in [0.717, 1.165) is 16.9 Å². The van der Waals surface area contributed by atoms with Gasteiger partial charge in [0.1, 0.15) is 11.5 Å². The first-order chi connectivity index (χ1) is 12.4. The molecule has 2 aromatic rings. The molecule has 0 saturated carbocycles. The van der Waals surface area contributed by atoms with E-state index in [2.05, 4.69) is 6.58 Å². The molecule has 134 valence electrons. The second kappa shape index (κ2) is 8.97. The molecule has 0 saturated heterocycles. The van der Waals surface area contributed by atoms with Gasteiger partial charge < -0.3 is 9.84 Å². The third kappa shape index (κ3) is 5.30. The van der Waals surface area contributed by atoms with Crippen molar-refractivity contribution in [3.63, 3.8) is 0 Å². The second-order valence-corrected chi connectivity index (χ2v) is 6.09. The van der Waals surface area contributed by atoms with Gasteiger partial charge in [-0.3, -0.25) is 4.79 Å². The van der Waals surface area contributed by atoms with Crippen LogP contribution in [-0.4, -0.2) is 10.9 Å². The number of benzene rings is 2. The minimum Gasteiger partial charge on any atom is -0.458 e. The van der Waals surface area contributed by atoms with E-state index >= 15 is 0 Å². The Morgan fingerprint density at radius 1 is 1.08 bits per heavy atom. The summed E-state index contributed by atoms with van der Waals surface area (Å²) in [5.41, 5.74) is 2.83. The van der Waals surface area contributed by atoms with Gasteiger partial charge >= 0.3 is 0 Å². The lowest BCUT2D eigenvalue weighted by molar-refractivity contribution is 0.103. The van der Waals surface area contributed by atoms with Crippen LogP contribution in [0, 0.1) is 6.92 Å². The van der Waals surface area contributed by atoms with E-state index in [4.69, 9.17) is 4.74 Å². The predicted molar refractivity (Wildman–Crippen MR) is 105 cm³/mol. The number of ketones is 1. The van der Waals surface area contributed by atoms with E-state index in [1.165, 1.54) is 0 Å². The number of hydrogen-bond donors (Lipinski definition) is 1. The van der Waals surface area contributed by atoms with E-state index < -0.39 is 6.10 Å². The van der Waals surface area contributed by atoms with Crippen LogP contribution in [0.25, 0.3) is 0 Å². The molecule has 0 amide bonds. The zero-order valence-corrected chi connectivity index (χ0v) is 15.4. The molecule has 1 N–H and O–H groups in total. The van der Waals surface area contributed by atoms with Crippen molar-refractivity contribution in [2.75, 3.05) is 0 Å². The summed E-state index contributed by atoms with van der Waals surface area (Å²) >= 11 is 0. The molecule has 0 aliphatic rings. The van der Waals surface area contributed by atoms with Crippen LogP contribution in [0.1, 0.15) is 41.4 Å². The van der Waals surface area contributed by atoms with Crippen molar-refractivity contribution in [1.82, 2.24) is 0 Å². The van der Waals surface area contributed by atoms with Crippen LogP contribution in [-0.2, 0) is 0 Å². The highest BCUT2D eigenvalue weighted by Crippen LogP contribution is 2.17. The van der Waals surface area contributed by atoms with E-state index in [0.29, 0.717) is 16.9 Å². The van der Waals surface area contributed by atoms with Crippen molar-refractivity contribution < 1.29 is 14.6 Å². The maximum absolute atomic E-state index is 12.4. The van der Waals surface area contributed by atoms with E-state index in [1.54, 1.807) is 43.3 Å². The summed E-state index contributed by atoms with van der Waals surface area (Å²) in [6, 6.07) is 14.6. The Kier molecular flexibility index (Phi) is 6.70. The van der Waals surface area contributed by atoms with Crippen molar-refractivity contribution in [3.05, 3.63) is 101 Å². The normalized spacial score (nSPS) is 12.8. The van der Waals surface area contributed by atoms with Gasteiger partial charge in [-0.2, -0.15) is 0 Å². The summed E-state index contributed by atoms with van der Waals surface area (Å²) in [5, 5.41) is 9.54. The number of rotatable bonds is 7. The van der Waals surface area contributed by atoms with Gasteiger partial charge in [-0.25, -0.2) is 0 Å². The van der Waals surface area contributed by atoms with Gasteiger partial charge in [0.2, 0.25) is 0 Å². The highest BCUT2D eigenvalue weighted by molar-refractivity contribution is 6.10. The van der Waals surface area contributed by atoms with Crippen LogP contribution >= 0.6 is 0 Å². The SMILES string of the molecule is C=C(/C=C\C(=C/C)Oc1ccc(C)cc1)C(=O)c1ccc(C(C)O)cc1. The second-order valence-electron chi connectivity index (χ2n) is 6.09. The lowest BCUT2D eigenvalue weighted by Crippen LogP contribution is -2.02. The lowest BCUT2D eigenvalue weighted by Gasteiger charge is -2.07. The van der Waals surface area contributed by atoms with Gasteiger partial charge in [-0.1, -0.05) is 48.5 Å². The monoisotopic (exact) mass is 348 g/mol. The molecule has 3 heteroatoms. The summed E-state index contributed by atoms with van der Waals surface area (Å²) in [4.78, 5) is 12.4. The van der Waals surface area contributed by atoms with Gasteiger partial charge in [-0.05, 0) is 56.7 Å². The number of Topliss-reactive ketones (excluding diaryl/α,β-unsaturated/α-hetero) is 1. The maximum atomic E-state index is 12.4. The molecule has 0 aliphatic heterocycles. The predicted octanol–water partition coefficient (Wildman–Crippen LogP) is 5.33. The van der Waals surface area contributed by atoms with E-state index in [1.807, 2.05) is 44.2 Å². The molecule has 26 heavy (non-hydrogen) atoms. The standard InChI is InChI=1S/C23H24O3/c1-5-21(26-22-13-6-16(2)7-14-22)15-8-17(3)23(25)20-11-9-19(10-12-20)18(4)24/h5-15,18,24H,3H2,1-2,4H3/b15-8-,21-5+. The minimum absolute atomic E-state index is 0.163. The van der Waals surface area contributed by atoms with Crippen molar-refractivity contribution >= 4 is 5.78 Å². The molecule has 0 bridgehead atoms. The maximum Gasteiger partial charge on any atom is 0.192 e. The molecular weight excluding hydrogens is 324 g/mol. The average molecular weight is 348 g/mol. The fraction of sp³-hybridized carbons (Fsp3) is 0.174. The topological polar surface area (TPSA) is 46.5 Å². The highest BCUT2D eigenvalue weighted by atomic mass is 16.5. The van der Waals surface area contributed by atoms with Gasteiger partial charge in [0.15, 0.2) is 5.78 Å². The summed E-state index contributed by atoms with van der Waals surface area (Å²) in [6.45, 7) is 9.42. The third-order valence-corrected chi connectivity index (χ3v) is 3.94. The molecule has 0 aliphatic carbocycles. The van der Waals surface area contributed by atoms with Crippen molar-refractivity contribution in [1.29, 1.82) is 0 Å². The number of aryl methyl sites for hydroxylation is 1. The van der Waals surface area contributed by atoms with Gasteiger partial charge in [0, 0.05) is 11.1 Å². The van der Waals surface area contributed by atoms with Crippen LogP contribution in [0.5, 0.6) is 5.75 Å². The molecule has 1 atom stereocenters. The fourth-order valence-electron chi connectivity index (χ4n) is 2.29. The Labute approximate surface area is 155 Å². The van der Waals surface area contributed by atoms with Crippen LogP contribution < -0.4 is 4.74 Å². The lowest BCUT2D eigenvalue weighted by atomic mass is 10.0. The van der Waals surface area contributed by atoms with Gasteiger partial charge in [-0.15, -0.1) is 0 Å². The van der Waals surface area contributed by atoms with E-state index in [-0.39, 0.29) is 5.78 Å². The van der Waals surface area contributed by atoms with Crippen LogP contribution in [0.3, 0.4) is 0 Å². The quantitative estimate of drug-likeness (QED) is 0.318. The number of ether oxygens (including phenoxy) is 1. The van der Waals surface area contributed by atoms with Crippen LogP contribution in [0.15, 0.2) is 84.7 Å². The Bertz CT molecular complexity index is 823. The first kappa shape index (κ1) is 19.4. The Hall–Kier alpha value is -2.91. The van der Waals surface area contributed by atoms with Crippen molar-refractivity contribution in [2.24, 2.45) is 0 Å². The molecule has 0 radical (unpaired) electrons. The molecular formula is C23H24O3. The molecule has 2 aromatic carbocycles. The van der Waals surface area contributed by atoms with Crippen LogP contribution in [0.4, 0.5) is 0 Å². The van der Waals surface area contributed by atoms with Gasteiger partial charge in [0.05, 0.1) is 6.10 Å². The van der Waals surface area contributed by atoms with Crippen molar-refractivity contribution in [2.45, 2.75) is 26.9 Å². The Balaban J connectivity index is 2.04. The summed E-state index contributed by atoms with van der Waals surface area (Å²) < 4.78 is 5.79. The number of allylic oxidation sites excluding steroid dienone is 4. The molecule has 1 unspecified atom stereocenters. The number of carbonyl (C=O) groups is 1. The number of aliphatic hydroxyl groups excluding tert-OH is 1. The highest BCUT2D eigenvalue weighted by Gasteiger charge is 2.09. The molecule has 2 rings (SSSR count). The number of aliphatic hydroxyl groups is 1. The molecule has 3 nitrogen and oxygen atoms in total. The molecule has 0 spiro atoms. The number of carbonyl (C=O) groups excluding carboxylic acids is 1. The molecule has 0 aromatic heterocycles. The van der Waals surface area contributed by atoms with Gasteiger partial charge in [0.25, 0.3) is 0 Å². The molecule has 0 heterocycles. The first-order valence-electron chi connectivity index (χ1n) is 8.51. The zero-order valence-electron chi connectivity index (χ0n) is 15.4. The summed E-state index contributed by atoms with van der Waals surface area (Å²) in [6.07, 6.45) is 4.64. The third-order valence-electron chi connectivity index (χ3n) is 3.94. The first-order valence-corrected chi connectivity index (χ1v) is 8.51. The van der Waals surface area contributed by atoms with Crippen LogP contribution in [0.2, 0.25) is 0 Å². The molecule has 0 fully saturated rings. The number of hydrogen-bond acceptors (Lipinski definition) is 3. The minimum atomic E-state index is -0.557. The zero-order chi connectivity index (χ0) is 19.1. The van der Waals surface area contributed by atoms with E-state index in [9.17, 15) is 9.90 Å². The summed E-state index contributed by atoms with van der Waals surface area (Å²) in [5.74, 6) is 1.20.